The Morgan fingerprint density at radius 1 is 1.14 bits per heavy atom. The first-order valence-electron chi connectivity index (χ1n) is 9.70. The number of amides is 1. The van der Waals surface area contributed by atoms with Gasteiger partial charge in [-0.1, -0.05) is 31.5 Å². The summed E-state index contributed by atoms with van der Waals surface area (Å²) in [6.07, 6.45) is 3.13. The van der Waals surface area contributed by atoms with E-state index in [4.69, 9.17) is 11.6 Å². The molecule has 0 unspecified atom stereocenters. The summed E-state index contributed by atoms with van der Waals surface area (Å²) in [5, 5.41) is 3.57. The summed E-state index contributed by atoms with van der Waals surface area (Å²) in [7, 11) is -3.61. The van der Waals surface area contributed by atoms with E-state index < -0.39 is 10.0 Å². The Bertz CT molecular complexity index is 1030. The highest BCUT2D eigenvalue weighted by Gasteiger charge is 2.28. The number of benzene rings is 2. The van der Waals surface area contributed by atoms with Crippen LogP contribution in [-0.2, 0) is 22.9 Å². The highest BCUT2D eigenvalue weighted by molar-refractivity contribution is 9.10. The molecule has 156 valence electrons. The molecule has 0 aliphatic carbocycles. The zero-order valence-electron chi connectivity index (χ0n) is 16.5. The molecule has 3 rings (SSSR count). The van der Waals surface area contributed by atoms with Crippen molar-refractivity contribution in [1.29, 1.82) is 0 Å². The minimum Gasteiger partial charge on any atom is -0.321 e. The molecule has 2 aromatic carbocycles. The first-order chi connectivity index (χ1) is 13.8. The van der Waals surface area contributed by atoms with E-state index in [1.54, 1.807) is 6.07 Å². The van der Waals surface area contributed by atoms with Crippen LogP contribution in [0.5, 0.6) is 0 Å². The summed E-state index contributed by atoms with van der Waals surface area (Å²) in [6.45, 7) is 5.03. The second-order valence-electron chi connectivity index (χ2n) is 6.97. The predicted molar refractivity (Wildman–Crippen MR) is 120 cm³/mol. The van der Waals surface area contributed by atoms with Gasteiger partial charge >= 0.3 is 0 Å². The maximum atomic E-state index is 13.1. The van der Waals surface area contributed by atoms with Crippen molar-refractivity contribution in [3.8, 4) is 0 Å². The quantitative estimate of drug-likeness (QED) is 0.589. The van der Waals surface area contributed by atoms with Gasteiger partial charge in [-0.25, -0.2) is 8.42 Å². The lowest BCUT2D eigenvalue weighted by Crippen LogP contribution is -2.28. The molecule has 29 heavy (non-hydrogen) atoms. The van der Waals surface area contributed by atoms with E-state index in [0.29, 0.717) is 34.7 Å². The molecule has 1 amide bonds. The molecule has 1 aliphatic heterocycles. The molecule has 0 saturated carbocycles. The Morgan fingerprint density at radius 2 is 1.83 bits per heavy atom. The number of anilines is 1. The van der Waals surface area contributed by atoms with Gasteiger partial charge in [0.2, 0.25) is 10.0 Å². The Balaban J connectivity index is 1.98. The average molecular weight is 500 g/mol. The summed E-state index contributed by atoms with van der Waals surface area (Å²) in [4.78, 5) is 13.2. The minimum absolute atomic E-state index is 0.130. The van der Waals surface area contributed by atoms with Crippen molar-refractivity contribution in [1.82, 2.24) is 4.31 Å². The Hall–Kier alpha value is -1.41. The van der Waals surface area contributed by atoms with Crippen molar-refractivity contribution in [2.45, 2.75) is 44.4 Å². The molecular formula is C21H24BrClN2O3S. The van der Waals surface area contributed by atoms with Gasteiger partial charge < -0.3 is 5.32 Å². The lowest BCUT2D eigenvalue weighted by molar-refractivity contribution is 0.102. The second-order valence-corrected chi connectivity index (χ2v) is 10.2. The maximum Gasteiger partial charge on any atom is 0.256 e. The number of nitrogens with zero attached hydrogens (tertiary/aromatic N) is 1. The molecule has 1 fully saturated rings. The first-order valence-corrected chi connectivity index (χ1v) is 12.3. The third kappa shape index (κ3) is 4.53. The number of hydrogen-bond donors (Lipinski definition) is 1. The first kappa shape index (κ1) is 22.3. The van der Waals surface area contributed by atoms with E-state index in [9.17, 15) is 13.2 Å². The van der Waals surface area contributed by atoms with Crippen LogP contribution in [0.4, 0.5) is 5.69 Å². The highest BCUT2D eigenvalue weighted by atomic mass is 79.9. The predicted octanol–water partition coefficient (Wildman–Crippen LogP) is 5.26. The molecule has 1 N–H and O–H groups in total. The van der Waals surface area contributed by atoms with Gasteiger partial charge in [-0.2, -0.15) is 4.31 Å². The number of hydrogen-bond acceptors (Lipinski definition) is 3. The third-order valence-electron chi connectivity index (χ3n) is 5.20. The number of nitrogens with one attached hydrogen (secondary N) is 1. The van der Waals surface area contributed by atoms with Gasteiger partial charge in [-0.05, 0) is 77.0 Å². The number of carbonyl (C=O) groups excluding carboxylic acids is 1. The highest BCUT2D eigenvalue weighted by Crippen LogP contribution is 2.31. The molecule has 1 heterocycles. The molecule has 0 radical (unpaired) electrons. The topological polar surface area (TPSA) is 66.5 Å². The van der Waals surface area contributed by atoms with Gasteiger partial charge in [0.15, 0.2) is 0 Å². The van der Waals surface area contributed by atoms with E-state index in [0.717, 1.165) is 30.4 Å². The van der Waals surface area contributed by atoms with Crippen molar-refractivity contribution >= 4 is 49.1 Å². The smallest absolute Gasteiger partial charge is 0.256 e. The van der Waals surface area contributed by atoms with Gasteiger partial charge in [0.05, 0.1) is 10.5 Å². The maximum absolute atomic E-state index is 13.1. The van der Waals surface area contributed by atoms with E-state index in [1.165, 1.54) is 16.4 Å². The van der Waals surface area contributed by atoms with Crippen LogP contribution in [0.2, 0.25) is 5.02 Å². The summed E-state index contributed by atoms with van der Waals surface area (Å²) in [5.74, 6) is -0.373. The van der Waals surface area contributed by atoms with E-state index in [-0.39, 0.29) is 16.4 Å². The van der Waals surface area contributed by atoms with E-state index >= 15 is 0 Å². The normalized spacial score (nSPS) is 14.9. The van der Waals surface area contributed by atoms with Gasteiger partial charge in [0.25, 0.3) is 5.91 Å². The van der Waals surface area contributed by atoms with Gasteiger partial charge in [0.1, 0.15) is 0 Å². The average Bonchev–Trinajstić information content (AvgIpc) is 3.24. The van der Waals surface area contributed by atoms with Crippen molar-refractivity contribution < 1.29 is 13.2 Å². The van der Waals surface area contributed by atoms with Crippen LogP contribution in [0.15, 0.2) is 39.7 Å². The Morgan fingerprint density at radius 3 is 2.45 bits per heavy atom. The standard InChI is InChI=1S/C21H24BrClN2O3S/c1-3-14-7-10-19(23)16(4-2)20(14)24-21(26)17-13-15(8-9-18(17)22)29(27,28)25-11-5-6-12-25/h7-10,13H,3-6,11-12H2,1-2H3,(H,24,26). The molecule has 0 spiro atoms. The second kappa shape index (κ2) is 9.16. The van der Waals surface area contributed by atoms with Crippen molar-refractivity contribution in [3.05, 3.63) is 56.5 Å². The van der Waals surface area contributed by atoms with E-state index in [2.05, 4.69) is 21.2 Å². The van der Waals surface area contributed by atoms with Crippen molar-refractivity contribution in [2.24, 2.45) is 0 Å². The summed E-state index contributed by atoms with van der Waals surface area (Å²) in [5.41, 5.74) is 2.83. The molecule has 0 bridgehead atoms. The number of sulfonamides is 1. The fourth-order valence-electron chi connectivity index (χ4n) is 3.56. The van der Waals surface area contributed by atoms with Gasteiger partial charge in [0, 0.05) is 28.3 Å². The minimum atomic E-state index is -3.61. The number of carbonyl (C=O) groups is 1. The molecule has 2 aromatic rings. The van der Waals surface area contributed by atoms with Crippen LogP contribution < -0.4 is 5.32 Å². The summed E-state index contributed by atoms with van der Waals surface area (Å²) < 4.78 is 27.8. The molecule has 1 saturated heterocycles. The zero-order chi connectivity index (χ0) is 21.2. The molecule has 5 nitrogen and oxygen atoms in total. The molecule has 0 atom stereocenters. The lowest BCUT2D eigenvalue weighted by atomic mass is 10.0. The van der Waals surface area contributed by atoms with Crippen LogP contribution in [0.1, 0.15) is 48.2 Å². The van der Waals surface area contributed by atoms with Gasteiger partial charge in [-0.3, -0.25) is 4.79 Å². The summed E-state index contributed by atoms with van der Waals surface area (Å²) in [6, 6.07) is 8.32. The largest absolute Gasteiger partial charge is 0.321 e. The van der Waals surface area contributed by atoms with Gasteiger partial charge in [-0.15, -0.1) is 0 Å². The lowest BCUT2D eigenvalue weighted by Gasteiger charge is -2.18. The SMILES string of the molecule is CCc1ccc(Cl)c(CC)c1NC(=O)c1cc(S(=O)(=O)N2CCCC2)ccc1Br. The Labute approximate surface area is 185 Å². The zero-order valence-corrected chi connectivity index (χ0v) is 19.6. The van der Waals surface area contributed by atoms with E-state index in [1.807, 2.05) is 26.0 Å². The Kier molecular flexibility index (Phi) is 7.04. The van der Waals surface area contributed by atoms with Crippen LogP contribution in [0.25, 0.3) is 0 Å². The monoisotopic (exact) mass is 498 g/mol. The fourth-order valence-corrected chi connectivity index (χ4v) is 5.83. The van der Waals surface area contributed by atoms with Crippen molar-refractivity contribution in [2.75, 3.05) is 18.4 Å². The third-order valence-corrected chi connectivity index (χ3v) is 8.14. The number of halogens is 2. The van der Waals surface area contributed by atoms with Crippen molar-refractivity contribution in [3.63, 3.8) is 0 Å². The molecule has 8 heteroatoms. The fraction of sp³-hybridized carbons (Fsp3) is 0.381. The number of aryl methyl sites for hydroxylation is 1. The van der Waals surface area contributed by atoms with Crippen LogP contribution >= 0.6 is 27.5 Å². The van der Waals surface area contributed by atoms with Crippen LogP contribution in [0.3, 0.4) is 0 Å². The number of rotatable bonds is 6. The molecular weight excluding hydrogens is 476 g/mol. The van der Waals surface area contributed by atoms with Crippen LogP contribution in [0, 0.1) is 0 Å². The van der Waals surface area contributed by atoms with Crippen LogP contribution in [-0.4, -0.2) is 31.7 Å². The molecule has 1 aliphatic rings. The molecule has 0 aromatic heterocycles. The summed E-state index contributed by atoms with van der Waals surface area (Å²) >= 11 is 9.72.